The fraction of sp³-hybridized carbons (Fsp3) is 0.600. The molecule has 1 unspecified atom stereocenters. The van der Waals surface area contributed by atoms with Gasteiger partial charge in [0.25, 0.3) is 0 Å². The lowest BCUT2D eigenvalue weighted by Crippen LogP contribution is -2.23. The lowest BCUT2D eigenvalue weighted by molar-refractivity contribution is -0.144. The van der Waals surface area contributed by atoms with Crippen molar-refractivity contribution in [2.45, 2.75) is 12.7 Å². The molecule has 0 radical (unpaired) electrons. The fourth-order valence-corrected chi connectivity index (χ4v) is 3.09. The number of aryl methyl sites for hydroxylation is 1. The summed E-state index contributed by atoms with van der Waals surface area (Å²) in [5, 5.41) is 3.99. The Balaban J connectivity index is 2.66. The van der Waals surface area contributed by atoms with Crippen LogP contribution in [0.5, 0.6) is 0 Å². The topological polar surface area (TPSA) is 78.3 Å². The highest BCUT2D eigenvalue weighted by Gasteiger charge is 2.23. The average Bonchev–Trinajstić information content (AvgIpc) is 2.60. The molecular formula is C10H16N2O4S. The van der Waals surface area contributed by atoms with Crippen LogP contribution in [0.4, 0.5) is 0 Å². The molecular weight excluding hydrogens is 244 g/mol. The number of sulfone groups is 1. The van der Waals surface area contributed by atoms with Crippen molar-refractivity contribution < 1.29 is 17.9 Å². The van der Waals surface area contributed by atoms with E-state index in [2.05, 4.69) is 9.84 Å². The fourth-order valence-electron chi connectivity index (χ4n) is 1.47. The summed E-state index contributed by atoms with van der Waals surface area (Å²) >= 11 is 0. The predicted octanol–water partition coefficient (Wildman–Crippen LogP) is 0.144. The van der Waals surface area contributed by atoms with E-state index < -0.39 is 21.7 Å². The molecule has 0 saturated carbocycles. The number of ether oxygens (including phenoxy) is 1. The van der Waals surface area contributed by atoms with E-state index in [1.807, 2.05) is 0 Å². The highest BCUT2D eigenvalue weighted by molar-refractivity contribution is 7.90. The highest BCUT2D eigenvalue weighted by Crippen LogP contribution is 2.09. The first-order valence-corrected chi connectivity index (χ1v) is 6.93. The minimum absolute atomic E-state index is 0.158. The number of hydrogen-bond donors (Lipinski definition) is 0. The van der Waals surface area contributed by atoms with Crippen LogP contribution in [0, 0.1) is 5.92 Å². The van der Waals surface area contributed by atoms with Crippen molar-refractivity contribution in [1.82, 2.24) is 9.78 Å². The van der Waals surface area contributed by atoms with Gasteiger partial charge < -0.3 is 4.74 Å². The first-order chi connectivity index (χ1) is 7.84. The Hall–Kier alpha value is -1.37. The zero-order chi connectivity index (χ0) is 13.1. The molecule has 0 bridgehead atoms. The van der Waals surface area contributed by atoms with E-state index in [-0.39, 0.29) is 11.5 Å². The van der Waals surface area contributed by atoms with Gasteiger partial charge in [-0.1, -0.05) is 6.92 Å². The van der Waals surface area contributed by atoms with Gasteiger partial charge in [-0.3, -0.25) is 9.48 Å². The quantitative estimate of drug-likeness (QED) is 0.704. The van der Waals surface area contributed by atoms with E-state index in [1.165, 1.54) is 18.7 Å². The first-order valence-electron chi connectivity index (χ1n) is 5.11. The van der Waals surface area contributed by atoms with Crippen LogP contribution in [0.3, 0.4) is 0 Å². The zero-order valence-electron chi connectivity index (χ0n) is 10.1. The van der Waals surface area contributed by atoms with E-state index in [4.69, 9.17) is 0 Å². The van der Waals surface area contributed by atoms with E-state index in [0.29, 0.717) is 5.69 Å². The van der Waals surface area contributed by atoms with E-state index >= 15 is 0 Å². The number of aromatic nitrogens is 2. The van der Waals surface area contributed by atoms with Gasteiger partial charge in [-0.15, -0.1) is 0 Å². The van der Waals surface area contributed by atoms with Crippen LogP contribution in [0.15, 0.2) is 12.3 Å². The lowest BCUT2D eigenvalue weighted by atomic mass is 10.2. The zero-order valence-corrected chi connectivity index (χ0v) is 10.9. The number of rotatable bonds is 5. The molecule has 1 aromatic heterocycles. The number of carbonyl (C=O) groups is 1. The van der Waals surface area contributed by atoms with Crippen molar-refractivity contribution in [2.24, 2.45) is 13.0 Å². The van der Waals surface area contributed by atoms with E-state index in [9.17, 15) is 13.2 Å². The number of nitrogens with zero attached hydrogens (tertiary/aromatic N) is 2. The van der Waals surface area contributed by atoms with Gasteiger partial charge >= 0.3 is 5.97 Å². The third-order valence-electron chi connectivity index (χ3n) is 2.24. The summed E-state index contributed by atoms with van der Waals surface area (Å²) in [4.78, 5) is 11.1. The lowest BCUT2D eigenvalue weighted by Gasteiger charge is -2.08. The SMILES string of the molecule is COC(=O)C(C)CS(=O)(=O)Cc1ccn(C)n1. The van der Waals surface area contributed by atoms with Crippen LogP contribution in [0.1, 0.15) is 12.6 Å². The maximum atomic E-state index is 11.8. The van der Waals surface area contributed by atoms with Gasteiger partial charge in [0, 0.05) is 13.2 Å². The first kappa shape index (κ1) is 13.7. The van der Waals surface area contributed by atoms with Crippen LogP contribution < -0.4 is 0 Å². The number of methoxy groups -OCH3 is 1. The van der Waals surface area contributed by atoms with Crippen molar-refractivity contribution in [2.75, 3.05) is 12.9 Å². The Morgan fingerprint density at radius 1 is 1.59 bits per heavy atom. The van der Waals surface area contributed by atoms with Gasteiger partial charge in [0.2, 0.25) is 0 Å². The highest BCUT2D eigenvalue weighted by atomic mass is 32.2. The minimum Gasteiger partial charge on any atom is -0.469 e. The summed E-state index contributed by atoms with van der Waals surface area (Å²) < 4.78 is 29.6. The van der Waals surface area contributed by atoms with Gasteiger partial charge in [0.05, 0.1) is 30.2 Å². The molecule has 0 aliphatic carbocycles. The van der Waals surface area contributed by atoms with Crippen LogP contribution in [-0.2, 0) is 32.2 Å². The molecule has 17 heavy (non-hydrogen) atoms. The summed E-state index contributed by atoms with van der Waals surface area (Å²) in [5.41, 5.74) is 0.476. The summed E-state index contributed by atoms with van der Waals surface area (Å²) in [7, 11) is -0.397. The van der Waals surface area contributed by atoms with Crippen molar-refractivity contribution >= 4 is 15.8 Å². The third-order valence-corrected chi connectivity index (χ3v) is 3.99. The number of carbonyl (C=O) groups excluding carboxylic acids is 1. The molecule has 0 saturated heterocycles. The summed E-state index contributed by atoms with van der Waals surface area (Å²) in [6.45, 7) is 1.53. The van der Waals surface area contributed by atoms with Crippen molar-refractivity contribution in [3.8, 4) is 0 Å². The smallest absolute Gasteiger partial charge is 0.309 e. The number of hydrogen-bond acceptors (Lipinski definition) is 5. The maximum absolute atomic E-state index is 11.8. The van der Waals surface area contributed by atoms with Crippen molar-refractivity contribution in [1.29, 1.82) is 0 Å². The molecule has 0 spiro atoms. The van der Waals surface area contributed by atoms with E-state index in [1.54, 1.807) is 19.3 Å². The Kier molecular flexibility index (Phi) is 4.28. The second kappa shape index (κ2) is 5.31. The molecule has 1 rings (SSSR count). The molecule has 0 aromatic carbocycles. The standard InChI is InChI=1S/C10H16N2O4S/c1-8(10(13)16-3)6-17(14,15)7-9-4-5-12(2)11-9/h4-5,8H,6-7H2,1-3H3. The molecule has 7 heteroatoms. The third kappa shape index (κ3) is 4.18. The molecule has 0 aliphatic rings. The van der Waals surface area contributed by atoms with Gasteiger partial charge in [-0.25, -0.2) is 8.42 Å². The molecule has 6 nitrogen and oxygen atoms in total. The normalized spacial score (nSPS) is 13.4. The Labute approximate surface area is 100 Å². The van der Waals surface area contributed by atoms with Crippen LogP contribution in [0.25, 0.3) is 0 Å². The van der Waals surface area contributed by atoms with Gasteiger partial charge in [0.1, 0.15) is 0 Å². The summed E-state index contributed by atoms with van der Waals surface area (Å²) in [5.74, 6) is -1.56. The second-order valence-corrected chi connectivity index (χ2v) is 6.07. The van der Waals surface area contributed by atoms with Gasteiger partial charge in [0.15, 0.2) is 9.84 Å². The Morgan fingerprint density at radius 2 is 2.24 bits per heavy atom. The molecule has 0 N–H and O–H groups in total. The van der Waals surface area contributed by atoms with Gasteiger partial charge in [-0.2, -0.15) is 5.10 Å². The summed E-state index contributed by atoms with van der Waals surface area (Å²) in [6, 6.07) is 1.64. The Morgan fingerprint density at radius 3 is 2.71 bits per heavy atom. The van der Waals surface area contributed by atoms with Crippen molar-refractivity contribution in [3.63, 3.8) is 0 Å². The number of esters is 1. The van der Waals surface area contributed by atoms with Crippen LogP contribution >= 0.6 is 0 Å². The van der Waals surface area contributed by atoms with Crippen LogP contribution in [0.2, 0.25) is 0 Å². The van der Waals surface area contributed by atoms with Crippen LogP contribution in [-0.4, -0.2) is 37.0 Å². The Bertz CT molecular complexity index is 492. The monoisotopic (exact) mass is 260 g/mol. The molecule has 96 valence electrons. The second-order valence-electron chi connectivity index (χ2n) is 3.96. The largest absolute Gasteiger partial charge is 0.469 e. The molecule has 0 fully saturated rings. The van der Waals surface area contributed by atoms with E-state index in [0.717, 1.165) is 0 Å². The predicted molar refractivity (Wildman–Crippen MR) is 61.9 cm³/mol. The van der Waals surface area contributed by atoms with Gasteiger partial charge in [-0.05, 0) is 6.07 Å². The average molecular weight is 260 g/mol. The molecule has 1 heterocycles. The molecule has 1 aromatic rings. The minimum atomic E-state index is -3.35. The molecule has 1 atom stereocenters. The summed E-state index contributed by atoms with van der Waals surface area (Å²) in [6.07, 6.45) is 1.68. The molecule has 0 aliphatic heterocycles. The maximum Gasteiger partial charge on any atom is 0.309 e. The van der Waals surface area contributed by atoms with Crippen molar-refractivity contribution in [3.05, 3.63) is 18.0 Å². The molecule has 0 amide bonds.